The second-order valence-corrected chi connectivity index (χ2v) is 6.56. The minimum atomic E-state index is -0.497. The van der Waals surface area contributed by atoms with E-state index in [9.17, 15) is 9.90 Å². The van der Waals surface area contributed by atoms with Crippen molar-refractivity contribution in [2.45, 2.75) is 50.7 Å². The molecule has 1 aromatic rings. The van der Waals surface area contributed by atoms with E-state index < -0.39 is 11.7 Å². The standard InChI is InChI=1S/C16H23NO3/c1-15(2,3)20-14(19)17-11-16(9-13(18)10-16)12-7-5-4-6-8-12/h4-8,13,18H,9-11H2,1-3H3,(H,17,19). The van der Waals surface area contributed by atoms with E-state index in [0.717, 1.165) is 5.56 Å². The smallest absolute Gasteiger partial charge is 0.407 e. The molecule has 2 N–H and O–H groups in total. The van der Waals surface area contributed by atoms with Crippen molar-refractivity contribution in [2.24, 2.45) is 0 Å². The summed E-state index contributed by atoms with van der Waals surface area (Å²) in [4.78, 5) is 11.8. The van der Waals surface area contributed by atoms with Gasteiger partial charge in [0.25, 0.3) is 0 Å². The number of aliphatic hydroxyl groups is 1. The molecule has 0 atom stereocenters. The highest BCUT2D eigenvalue weighted by atomic mass is 16.6. The summed E-state index contributed by atoms with van der Waals surface area (Å²) in [5, 5.41) is 12.5. The molecule has 1 aliphatic rings. The number of carbonyl (C=O) groups excluding carboxylic acids is 1. The van der Waals surface area contributed by atoms with Crippen LogP contribution in [0.4, 0.5) is 4.79 Å². The largest absolute Gasteiger partial charge is 0.444 e. The second kappa shape index (κ2) is 5.44. The molecule has 1 saturated carbocycles. The zero-order valence-corrected chi connectivity index (χ0v) is 12.3. The maximum absolute atomic E-state index is 11.8. The average Bonchev–Trinajstić information content (AvgIpc) is 2.32. The summed E-state index contributed by atoms with van der Waals surface area (Å²) in [6, 6.07) is 10.0. The van der Waals surface area contributed by atoms with Gasteiger partial charge in [-0.3, -0.25) is 0 Å². The topological polar surface area (TPSA) is 58.6 Å². The molecule has 0 heterocycles. The van der Waals surface area contributed by atoms with Crippen molar-refractivity contribution >= 4 is 6.09 Å². The lowest BCUT2D eigenvalue weighted by Gasteiger charge is -2.46. The Bertz CT molecular complexity index is 458. The van der Waals surface area contributed by atoms with Gasteiger partial charge in [-0.15, -0.1) is 0 Å². The quantitative estimate of drug-likeness (QED) is 0.893. The minimum Gasteiger partial charge on any atom is -0.444 e. The molecule has 0 aromatic heterocycles. The summed E-state index contributed by atoms with van der Waals surface area (Å²) in [5.41, 5.74) is 0.488. The first-order valence-electron chi connectivity index (χ1n) is 7.01. The molecule has 2 rings (SSSR count). The number of aliphatic hydroxyl groups excluding tert-OH is 1. The molecule has 0 saturated heterocycles. The molecule has 1 amide bonds. The van der Waals surface area contributed by atoms with Crippen LogP contribution in [0, 0.1) is 0 Å². The monoisotopic (exact) mass is 277 g/mol. The van der Waals surface area contributed by atoms with Crippen molar-refractivity contribution in [3.05, 3.63) is 35.9 Å². The lowest BCUT2D eigenvalue weighted by atomic mass is 9.62. The van der Waals surface area contributed by atoms with Gasteiger partial charge in [-0.25, -0.2) is 4.79 Å². The van der Waals surface area contributed by atoms with Gasteiger partial charge in [0.2, 0.25) is 0 Å². The third kappa shape index (κ3) is 3.51. The van der Waals surface area contributed by atoms with Crippen LogP contribution in [0.2, 0.25) is 0 Å². The first-order valence-corrected chi connectivity index (χ1v) is 7.01. The molecule has 0 spiro atoms. The fourth-order valence-electron chi connectivity index (χ4n) is 2.67. The number of rotatable bonds is 3. The molecule has 1 aromatic carbocycles. The fourth-order valence-corrected chi connectivity index (χ4v) is 2.67. The Hall–Kier alpha value is -1.55. The average molecular weight is 277 g/mol. The number of hydrogen-bond donors (Lipinski definition) is 2. The number of alkyl carbamates (subject to hydrolysis) is 1. The summed E-state index contributed by atoms with van der Waals surface area (Å²) in [7, 11) is 0. The molecule has 1 aliphatic carbocycles. The molecule has 0 aliphatic heterocycles. The maximum atomic E-state index is 11.8. The van der Waals surface area contributed by atoms with E-state index in [1.54, 1.807) is 0 Å². The van der Waals surface area contributed by atoms with Crippen LogP contribution in [-0.2, 0) is 10.2 Å². The van der Waals surface area contributed by atoms with Gasteiger partial charge in [-0.05, 0) is 39.2 Å². The highest BCUT2D eigenvalue weighted by Crippen LogP contribution is 2.43. The molecular formula is C16H23NO3. The predicted octanol–water partition coefficient (Wildman–Crippen LogP) is 2.60. The van der Waals surface area contributed by atoms with Crippen molar-refractivity contribution in [3.63, 3.8) is 0 Å². The molecule has 110 valence electrons. The number of amides is 1. The van der Waals surface area contributed by atoms with E-state index in [-0.39, 0.29) is 11.5 Å². The van der Waals surface area contributed by atoms with Gasteiger partial charge < -0.3 is 15.2 Å². The van der Waals surface area contributed by atoms with E-state index >= 15 is 0 Å². The van der Waals surface area contributed by atoms with Gasteiger partial charge >= 0.3 is 6.09 Å². The SMILES string of the molecule is CC(C)(C)OC(=O)NCC1(c2ccccc2)CC(O)C1. The fraction of sp³-hybridized carbons (Fsp3) is 0.562. The number of ether oxygens (including phenoxy) is 1. The van der Waals surface area contributed by atoms with Crippen LogP contribution in [0.15, 0.2) is 30.3 Å². The van der Waals surface area contributed by atoms with Gasteiger partial charge in [0, 0.05) is 12.0 Å². The Labute approximate surface area is 120 Å². The molecule has 0 bridgehead atoms. The number of carbonyl (C=O) groups is 1. The van der Waals surface area contributed by atoms with Crippen LogP contribution in [0.3, 0.4) is 0 Å². The lowest BCUT2D eigenvalue weighted by molar-refractivity contribution is 0.0123. The first kappa shape index (κ1) is 14.9. The van der Waals surface area contributed by atoms with Crippen LogP contribution in [0.25, 0.3) is 0 Å². The Morgan fingerprint density at radius 3 is 2.45 bits per heavy atom. The summed E-state index contributed by atoms with van der Waals surface area (Å²) in [5.74, 6) is 0. The Morgan fingerprint density at radius 2 is 1.95 bits per heavy atom. The Kier molecular flexibility index (Phi) is 4.04. The van der Waals surface area contributed by atoms with Crippen LogP contribution < -0.4 is 5.32 Å². The van der Waals surface area contributed by atoms with Crippen molar-refractivity contribution in [3.8, 4) is 0 Å². The van der Waals surface area contributed by atoms with E-state index in [0.29, 0.717) is 19.4 Å². The highest BCUT2D eigenvalue weighted by Gasteiger charge is 2.45. The minimum absolute atomic E-state index is 0.169. The van der Waals surface area contributed by atoms with E-state index in [2.05, 4.69) is 5.32 Å². The summed E-state index contributed by atoms with van der Waals surface area (Å²) in [6.45, 7) is 6.01. The van der Waals surface area contributed by atoms with E-state index in [1.807, 2.05) is 51.1 Å². The first-order chi connectivity index (χ1) is 9.31. The third-order valence-corrected chi connectivity index (χ3v) is 3.61. The third-order valence-electron chi connectivity index (χ3n) is 3.61. The van der Waals surface area contributed by atoms with Gasteiger partial charge in [0.1, 0.15) is 5.60 Å². The summed E-state index contributed by atoms with van der Waals surface area (Å²) in [6.07, 6.45) is 0.657. The Balaban J connectivity index is 1.99. The van der Waals surface area contributed by atoms with Crippen molar-refractivity contribution in [1.29, 1.82) is 0 Å². The van der Waals surface area contributed by atoms with E-state index in [4.69, 9.17) is 4.74 Å². The van der Waals surface area contributed by atoms with Crippen molar-refractivity contribution in [2.75, 3.05) is 6.54 Å². The molecule has 0 unspecified atom stereocenters. The van der Waals surface area contributed by atoms with Crippen LogP contribution in [0.1, 0.15) is 39.2 Å². The summed E-state index contributed by atoms with van der Waals surface area (Å²) < 4.78 is 5.25. The lowest BCUT2D eigenvalue weighted by Crippen LogP contribution is -2.52. The zero-order valence-electron chi connectivity index (χ0n) is 12.3. The molecule has 1 fully saturated rings. The van der Waals surface area contributed by atoms with Gasteiger partial charge in [-0.2, -0.15) is 0 Å². The number of nitrogens with one attached hydrogen (secondary N) is 1. The molecule has 4 nitrogen and oxygen atoms in total. The van der Waals surface area contributed by atoms with Crippen molar-refractivity contribution in [1.82, 2.24) is 5.32 Å². The van der Waals surface area contributed by atoms with Crippen LogP contribution in [0.5, 0.6) is 0 Å². The van der Waals surface area contributed by atoms with Crippen LogP contribution in [-0.4, -0.2) is 29.4 Å². The zero-order chi connectivity index (χ0) is 14.8. The van der Waals surface area contributed by atoms with Crippen LogP contribution >= 0.6 is 0 Å². The number of hydrogen-bond acceptors (Lipinski definition) is 3. The normalized spacial score (nSPS) is 25.7. The number of benzene rings is 1. The molecular weight excluding hydrogens is 254 g/mol. The van der Waals surface area contributed by atoms with Gasteiger partial charge in [-0.1, -0.05) is 30.3 Å². The maximum Gasteiger partial charge on any atom is 0.407 e. The van der Waals surface area contributed by atoms with Gasteiger partial charge in [0.15, 0.2) is 0 Å². The van der Waals surface area contributed by atoms with Gasteiger partial charge in [0.05, 0.1) is 6.10 Å². The van der Waals surface area contributed by atoms with E-state index in [1.165, 1.54) is 0 Å². The van der Waals surface area contributed by atoms with Crippen molar-refractivity contribution < 1.29 is 14.6 Å². The Morgan fingerprint density at radius 1 is 1.35 bits per heavy atom. The summed E-state index contributed by atoms with van der Waals surface area (Å²) >= 11 is 0. The molecule has 20 heavy (non-hydrogen) atoms. The second-order valence-electron chi connectivity index (χ2n) is 6.56. The molecule has 4 heteroatoms. The highest BCUT2D eigenvalue weighted by molar-refractivity contribution is 5.68. The molecule has 0 radical (unpaired) electrons. The predicted molar refractivity (Wildman–Crippen MR) is 77.6 cm³/mol.